The number of nitro groups is 1. The van der Waals surface area contributed by atoms with Gasteiger partial charge in [0.2, 0.25) is 0 Å². The first-order valence-electron chi connectivity index (χ1n) is 10.9. The Labute approximate surface area is 196 Å². The quantitative estimate of drug-likeness (QED) is 0.217. The van der Waals surface area contributed by atoms with E-state index in [-0.39, 0.29) is 29.1 Å². The summed E-state index contributed by atoms with van der Waals surface area (Å²) in [6.07, 6.45) is 0.579. The lowest BCUT2D eigenvalue weighted by Gasteiger charge is -2.26. The Morgan fingerprint density at radius 3 is 2.59 bits per heavy atom. The molecule has 1 N–H and O–H groups in total. The zero-order valence-electron chi connectivity index (χ0n) is 18.9. The molecule has 2 aromatic carbocycles. The summed E-state index contributed by atoms with van der Waals surface area (Å²) in [7, 11) is 3.79. The summed E-state index contributed by atoms with van der Waals surface area (Å²) >= 11 is 0. The molecule has 0 unspecified atom stereocenters. The number of Topliss-reactive ketones (excluding diaryl/α,β-unsaturated/α-hetero) is 1. The van der Waals surface area contributed by atoms with Crippen LogP contribution in [0, 0.1) is 10.1 Å². The molecule has 10 nitrogen and oxygen atoms in total. The highest BCUT2D eigenvalue weighted by atomic mass is 16.6. The molecule has 0 aliphatic carbocycles. The van der Waals surface area contributed by atoms with Gasteiger partial charge in [-0.15, -0.1) is 0 Å². The van der Waals surface area contributed by atoms with E-state index in [1.165, 1.54) is 23.1 Å². The summed E-state index contributed by atoms with van der Waals surface area (Å²) in [6, 6.07) is 9.56. The number of carbonyl (C=O) groups excluding carboxylic acids is 2. The van der Waals surface area contributed by atoms with Crippen molar-refractivity contribution in [2.45, 2.75) is 12.5 Å². The van der Waals surface area contributed by atoms with E-state index in [0.717, 1.165) is 0 Å². The lowest BCUT2D eigenvalue weighted by Crippen LogP contribution is -2.32. The fourth-order valence-corrected chi connectivity index (χ4v) is 4.17. The van der Waals surface area contributed by atoms with Crippen molar-refractivity contribution >= 4 is 23.1 Å². The summed E-state index contributed by atoms with van der Waals surface area (Å²) < 4.78 is 11.1. The fourth-order valence-electron chi connectivity index (χ4n) is 4.17. The topological polar surface area (TPSA) is 122 Å². The van der Waals surface area contributed by atoms with Crippen LogP contribution in [0.3, 0.4) is 0 Å². The molecule has 1 amide bonds. The Morgan fingerprint density at radius 2 is 1.88 bits per heavy atom. The first kappa shape index (κ1) is 23.2. The normalized spacial score (nSPS) is 19.0. The predicted molar refractivity (Wildman–Crippen MR) is 123 cm³/mol. The van der Waals surface area contributed by atoms with Crippen molar-refractivity contribution in [2.75, 3.05) is 40.4 Å². The summed E-state index contributed by atoms with van der Waals surface area (Å²) in [5.74, 6) is -1.03. The van der Waals surface area contributed by atoms with Crippen LogP contribution in [0.15, 0.2) is 48.0 Å². The zero-order valence-corrected chi connectivity index (χ0v) is 18.9. The maximum absolute atomic E-state index is 13.1. The number of aliphatic hydroxyl groups is 1. The van der Waals surface area contributed by atoms with Crippen LogP contribution in [-0.4, -0.2) is 71.9 Å². The van der Waals surface area contributed by atoms with E-state index >= 15 is 0 Å². The molecule has 2 aromatic rings. The summed E-state index contributed by atoms with van der Waals surface area (Å²) in [5.41, 5.74) is 0.367. The smallest absolute Gasteiger partial charge is 0.295 e. The molecule has 0 bridgehead atoms. The number of likely N-dealkylation sites (tertiary alicyclic amines) is 1. The number of hydrogen-bond donors (Lipinski definition) is 1. The number of nitro benzene ring substituents is 1. The van der Waals surface area contributed by atoms with E-state index in [2.05, 4.69) is 0 Å². The minimum atomic E-state index is -0.963. The average Bonchev–Trinajstić information content (AvgIpc) is 3.08. The highest BCUT2D eigenvalue weighted by Crippen LogP contribution is 2.41. The molecule has 4 rings (SSSR count). The minimum absolute atomic E-state index is 0.118. The molecule has 0 radical (unpaired) electrons. The van der Waals surface area contributed by atoms with Gasteiger partial charge < -0.3 is 24.4 Å². The number of aliphatic hydroxyl groups excluding tert-OH is 1. The fraction of sp³-hybridized carbons (Fsp3) is 0.333. The monoisotopic (exact) mass is 467 g/mol. The molecule has 0 saturated carbocycles. The van der Waals surface area contributed by atoms with E-state index in [4.69, 9.17) is 9.47 Å². The number of ether oxygens (including phenoxy) is 2. The summed E-state index contributed by atoms with van der Waals surface area (Å²) in [4.78, 5) is 40.3. The van der Waals surface area contributed by atoms with E-state index in [1.807, 2.05) is 19.0 Å². The number of non-ortho nitro benzene ring substituents is 1. The van der Waals surface area contributed by atoms with Crippen molar-refractivity contribution in [3.8, 4) is 11.5 Å². The van der Waals surface area contributed by atoms with Gasteiger partial charge >= 0.3 is 0 Å². The van der Waals surface area contributed by atoms with Crippen molar-refractivity contribution in [3.05, 3.63) is 69.3 Å². The average molecular weight is 467 g/mol. The van der Waals surface area contributed by atoms with Gasteiger partial charge in [-0.05, 0) is 50.8 Å². The van der Waals surface area contributed by atoms with Crippen molar-refractivity contribution in [1.29, 1.82) is 0 Å². The molecule has 1 atom stereocenters. The van der Waals surface area contributed by atoms with Crippen LogP contribution >= 0.6 is 0 Å². The van der Waals surface area contributed by atoms with Gasteiger partial charge in [0.05, 0.1) is 16.5 Å². The van der Waals surface area contributed by atoms with Crippen LogP contribution in [0.2, 0.25) is 0 Å². The van der Waals surface area contributed by atoms with Crippen LogP contribution in [0.1, 0.15) is 23.6 Å². The van der Waals surface area contributed by atoms with Crippen molar-refractivity contribution in [3.63, 3.8) is 0 Å². The van der Waals surface area contributed by atoms with Gasteiger partial charge in [-0.1, -0.05) is 12.1 Å². The van der Waals surface area contributed by atoms with Crippen LogP contribution in [0.4, 0.5) is 5.69 Å². The molecule has 1 fully saturated rings. The zero-order chi connectivity index (χ0) is 24.4. The Balaban J connectivity index is 1.81. The number of hydrogen-bond acceptors (Lipinski definition) is 8. The number of ketones is 1. The maximum Gasteiger partial charge on any atom is 0.295 e. The second-order valence-electron chi connectivity index (χ2n) is 8.36. The lowest BCUT2D eigenvalue weighted by atomic mass is 9.94. The second kappa shape index (κ2) is 9.52. The maximum atomic E-state index is 13.1. The van der Waals surface area contributed by atoms with E-state index in [1.54, 1.807) is 24.3 Å². The molecule has 178 valence electrons. The van der Waals surface area contributed by atoms with Gasteiger partial charge in [0.25, 0.3) is 17.4 Å². The third kappa shape index (κ3) is 4.44. The minimum Gasteiger partial charge on any atom is -0.507 e. The molecule has 0 aromatic heterocycles. The van der Waals surface area contributed by atoms with Crippen LogP contribution in [0.5, 0.6) is 11.5 Å². The lowest BCUT2D eigenvalue weighted by molar-refractivity contribution is -0.384. The second-order valence-corrected chi connectivity index (χ2v) is 8.36. The predicted octanol–water partition coefficient (Wildman–Crippen LogP) is 2.74. The number of nitrogens with zero attached hydrogens (tertiary/aromatic N) is 3. The van der Waals surface area contributed by atoms with E-state index < -0.39 is 22.7 Å². The van der Waals surface area contributed by atoms with Crippen LogP contribution < -0.4 is 9.47 Å². The van der Waals surface area contributed by atoms with Gasteiger partial charge in [0, 0.05) is 24.2 Å². The number of fused-ring (bicyclic) bond motifs is 1. The first-order valence-corrected chi connectivity index (χ1v) is 10.9. The number of carbonyl (C=O) groups is 2. The number of rotatable bonds is 7. The van der Waals surface area contributed by atoms with Gasteiger partial charge in [-0.3, -0.25) is 19.7 Å². The van der Waals surface area contributed by atoms with E-state index in [9.17, 15) is 24.8 Å². The molecule has 10 heteroatoms. The molecule has 2 aliphatic heterocycles. The first-order chi connectivity index (χ1) is 16.3. The van der Waals surface area contributed by atoms with Gasteiger partial charge in [0.15, 0.2) is 11.5 Å². The van der Waals surface area contributed by atoms with Crippen molar-refractivity contribution < 1.29 is 29.1 Å². The molecular formula is C24H25N3O7. The SMILES string of the molecule is CN(C)CCCN1C(=O)C(=O)/C(=C(/O)c2ccc3c(c2)OCCO3)[C@H]1c1cccc([N+](=O)[O-])c1. The van der Waals surface area contributed by atoms with Gasteiger partial charge in [-0.2, -0.15) is 0 Å². The Morgan fingerprint density at radius 1 is 1.15 bits per heavy atom. The van der Waals surface area contributed by atoms with Crippen LogP contribution in [0.25, 0.3) is 5.76 Å². The standard InChI is InChI=1S/C24H25N3O7/c1-25(2)9-4-10-26-21(15-5-3-6-17(13-15)27(31)32)20(23(29)24(26)30)22(28)16-7-8-18-19(14-16)34-12-11-33-18/h3,5-8,13-14,21,28H,4,9-12H2,1-2H3/b22-20+/t21-/m1/s1. The molecule has 1 saturated heterocycles. The highest BCUT2D eigenvalue weighted by Gasteiger charge is 2.46. The molecule has 2 aliphatic rings. The Bertz CT molecular complexity index is 1170. The third-order valence-electron chi connectivity index (χ3n) is 5.76. The van der Waals surface area contributed by atoms with Gasteiger partial charge in [0.1, 0.15) is 19.0 Å². The van der Waals surface area contributed by atoms with Crippen molar-refractivity contribution in [2.24, 2.45) is 0 Å². The summed E-state index contributed by atoms with van der Waals surface area (Å²) in [5, 5.41) is 22.6. The Kier molecular flexibility index (Phi) is 6.51. The van der Waals surface area contributed by atoms with Gasteiger partial charge in [-0.25, -0.2) is 0 Å². The van der Waals surface area contributed by atoms with Crippen LogP contribution in [-0.2, 0) is 9.59 Å². The largest absolute Gasteiger partial charge is 0.507 e. The Hall–Kier alpha value is -3.92. The van der Waals surface area contributed by atoms with E-state index in [0.29, 0.717) is 43.2 Å². The highest BCUT2D eigenvalue weighted by molar-refractivity contribution is 6.46. The third-order valence-corrected chi connectivity index (χ3v) is 5.76. The molecule has 0 spiro atoms. The molecule has 2 heterocycles. The molecular weight excluding hydrogens is 442 g/mol. The number of amides is 1. The van der Waals surface area contributed by atoms with Crippen molar-refractivity contribution in [1.82, 2.24) is 9.80 Å². The number of benzene rings is 2. The molecule has 34 heavy (non-hydrogen) atoms. The summed E-state index contributed by atoms with van der Waals surface area (Å²) in [6.45, 7) is 1.67.